The number of unbranched alkanes of at least 4 members (excludes halogenated alkanes) is 3. The van der Waals surface area contributed by atoms with Crippen LogP contribution >= 0.6 is 0 Å². The second-order valence-electron chi connectivity index (χ2n) is 6.82. The molecule has 1 aromatic carbocycles. The number of hydrogen-bond acceptors (Lipinski definition) is 5. The Bertz CT molecular complexity index is 566. The van der Waals surface area contributed by atoms with Crippen LogP contribution in [-0.4, -0.2) is 25.7 Å². The molecule has 2 unspecified atom stereocenters. The van der Waals surface area contributed by atoms with E-state index < -0.39 is 5.92 Å². The molecule has 0 bridgehead atoms. The number of rotatable bonds is 9. The first-order chi connectivity index (χ1) is 12.7. The van der Waals surface area contributed by atoms with Crippen molar-refractivity contribution in [1.29, 1.82) is 0 Å². The molecule has 2 atom stereocenters. The molecule has 0 aliphatic heterocycles. The van der Waals surface area contributed by atoms with Gasteiger partial charge in [-0.15, -0.1) is 0 Å². The Morgan fingerprint density at radius 3 is 2.15 bits per heavy atom. The van der Waals surface area contributed by atoms with Crippen LogP contribution in [0, 0.1) is 11.8 Å². The summed E-state index contributed by atoms with van der Waals surface area (Å²) in [6.45, 7) is 2.59. The molecule has 26 heavy (non-hydrogen) atoms. The van der Waals surface area contributed by atoms with Crippen molar-refractivity contribution in [3.05, 3.63) is 24.3 Å². The van der Waals surface area contributed by atoms with Gasteiger partial charge in [-0.25, -0.2) is 0 Å². The standard InChI is InChI=1S/C21H30O5/c1-3-4-5-8-15-25-20(22)18-9-6-7-10-19(18)21(23)26-17-13-11-16(24-2)12-14-17/h11-14,18-19H,3-10,15H2,1-2H3. The van der Waals surface area contributed by atoms with Crippen molar-refractivity contribution in [3.8, 4) is 11.5 Å². The van der Waals surface area contributed by atoms with E-state index in [2.05, 4.69) is 6.92 Å². The summed E-state index contributed by atoms with van der Waals surface area (Å²) in [7, 11) is 1.58. The van der Waals surface area contributed by atoms with Gasteiger partial charge in [0.1, 0.15) is 11.5 Å². The number of esters is 2. The highest BCUT2D eigenvalue weighted by molar-refractivity contribution is 5.83. The van der Waals surface area contributed by atoms with E-state index in [9.17, 15) is 9.59 Å². The van der Waals surface area contributed by atoms with E-state index in [1.807, 2.05) is 0 Å². The summed E-state index contributed by atoms with van der Waals surface area (Å²) in [5.41, 5.74) is 0. The maximum absolute atomic E-state index is 12.6. The zero-order valence-electron chi connectivity index (χ0n) is 15.9. The van der Waals surface area contributed by atoms with Crippen LogP contribution < -0.4 is 9.47 Å². The summed E-state index contributed by atoms with van der Waals surface area (Å²) in [5, 5.41) is 0. The first-order valence-corrected chi connectivity index (χ1v) is 9.68. The monoisotopic (exact) mass is 362 g/mol. The molecule has 1 fully saturated rings. The normalized spacial score (nSPS) is 19.6. The van der Waals surface area contributed by atoms with Gasteiger partial charge in [-0.3, -0.25) is 9.59 Å². The van der Waals surface area contributed by atoms with Crippen LogP contribution in [0.2, 0.25) is 0 Å². The van der Waals surface area contributed by atoms with Crippen LogP contribution in [-0.2, 0) is 14.3 Å². The molecule has 1 aromatic rings. The van der Waals surface area contributed by atoms with Gasteiger partial charge in [-0.2, -0.15) is 0 Å². The molecule has 0 radical (unpaired) electrons. The van der Waals surface area contributed by atoms with Crippen molar-refractivity contribution < 1.29 is 23.8 Å². The number of carbonyl (C=O) groups is 2. The maximum Gasteiger partial charge on any atom is 0.315 e. The van der Waals surface area contributed by atoms with E-state index in [0.717, 1.165) is 38.5 Å². The van der Waals surface area contributed by atoms with Crippen LogP contribution in [0.5, 0.6) is 11.5 Å². The molecule has 0 N–H and O–H groups in total. The SMILES string of the molecule is CCCCCCOC(=O)C1CCCCC1C(=O)Oc1ccc(OC)cc1. The molecular weight excluding hydrogens is 332 g/mol. The third kappa shape index (κ3) is 6.04. The molecule has 0 amide bonds. The van der Waals surface area contributed by atoms with E-state index in [1.165, 1.54) is 0 Å². The molecule has 0 saturated heterocycles. The summed E-state index contributed by atoms with van der Waals surface area (Å²) in [6.07, 6.45) is 7.49. The highest BCUT2D eigenvalue weighted by Crippen LogP contribution is 2.32. The van der Waals surface area contributed by atoms with Crippen LogP contribution in [0.1, 0.15) is 58.3 Å². The van der Waals surface area contributed by atoms with E-state index in [1.54, 1.807) is 31.4 Å². The molecule has 144 valence electrons. The van der Waals surface area contributed by atoms with Gasteiger partial charge in [0.25, 0.3) is 0 Å². The Labute approximate surface area is 156 Å². The Hall–Kier alpha value is -2.04. The summed E-state index contributed by atoms with van der Waals surface area (Å²) >= 11 is 0. The fourth-order valence-corrected chi connectivity index (χ4v) is 3.34. The van der Waals surface area contributed by atoms with Gasteiger partial charge in [0, 0.05) is 0 Å². The van der Waals surface area contributed by atoms with Crippen LogP contribution in [0.15, 0.2) is 24.3 Å². The first kappa shape index (κ1) is 20.3. The van der Waals surface area contributed by atoms with Crippen molar-refractivity contribution in [2.24, 2.45) is 11.8 Å². The molecule has 0 spiro atoms. The van der Waals surface area contributed by atoms with Crippen molar-refractivity contribution in [2.45, 2.75) is 58.3 Å². The average Bonchev–Trinajstić information content (AvgIpc) is 2.68. The predicted molar refractivity (Wildman–Crippen MR) is 99.2 cm³/mol. The average molecular weight is 362 g/mol. The number of hydrogen-bond donors (Lipinski definition) is 0. The minimum atomic E-state index is -0.422. The Kier molecular flexibility index (Phi) is 8.45. The largest absolute Gasteiger partial charge is 0.497 e. The Morgan fingerprint density at radius 1 is 0.923 bits per heavy atom. The van der Waals surface area contributed by atoms with E-state index in [-0.39, 0.29) is 17.9 Å². The maximum atomic E-state index is 12.6. The minimum absolute atomic E-state index is 0.252. The lowest BCUT2D eigenvalue weighted by atomic mass is 9.79. The molecule has 2 rings (SSSR count). The second-order valence-corrected chi connectivity index (χ2v) is 6.82. The van der Waals surface area contributed by atoms with E-state index in [4.69, 9.17) is 14.2 Å². The molecule has 0 aromatic heterocycles. The van der Waals surface area contributed by atoms with E-state index >= 15 is 0 Å². The molecule has 1 aliphatic rings. The molecule has 1 aliphatic carbocycles. The Morgan fingerprint density at radius 2 is 1.54 bits per heavy atom. The van der Waals surface area contributed by atoms with Crippen molar-refractivity contribution in [1.82, 2.24) is 0 Å². The molecule has 5 nitrogen and oxygen atoms in total. The zero-order valence-corrected chi connectivity index (χ0v) is 15.9. The summed E-state index contributed by atoms with van der Waals surface area (Å²) in [6, 6.07) is 6.87. The van der Waals surface area contributed by atoms with Gasteiger partial charge in [0.15, 0.2) is 0 Å². The van der Waals surface area contributed by atoms with Crippen LogP contribution in [0.25, 0.3) is 0 Å². The van der Waals surface area contributed by atoms with E-state index in [0.29, 0.717) is 30.9 Å². The topological polar surface area (TPSA) is 61.8 Å². The summed E-state index contributed by atoms with van der Waals surface area (Å²) in [5.74, 6) is -0.240. The van der Waals surface area contributed by atoms with Gasteiger partial charge in [0.2, 0.25) is 0 Å². The fraction of sp³-hybridized carbons (Fsp3) is 0.619. The number of carbonyl (C=O) groups excluding carboxylic acids is 2. The second kappa shape index (κ2) is 10.8. The molecule has 5 heteroatoms. The van der Waals surface area contributed by atoms with Crippen molar-refractivity contribution in [3.63, 3.8) is 0 Å². The minimum Gasteiger partial charge on any atom is -0.497 e. The van der Waals surface area contributed by atoms with Crippen LogP contribution in [0.3, 0.4) is 0 Å². The first-order valence-electron chi connectivity index (χ1n) is 9.68. The van der Waals surface area contributed by atoms with Crippen molar-refractivity contribution in [2.75, 3.05) is 13.7 Å². The number of methoxy groups -OCH3 is 1. The lowest BCUT2D eigenvalue weighted by molar-refractivity contribution is -0.158. The fourth-order valence-electron chi connectivity index (χ4n) is 3.34. The lowest BCUT2D eigenvalue weighted by Gasteiger charge is -2.28. The highest BCUT2D eigenvalue weighted by Gasteiger charge is 2.38. The van der Waals surface area contributed by atoms with Gasteiger partial charge < -0.3 is 14.2 Å². The smallest absolute Gasteiger partial charge is 0.315 e. The van der Waals surface area contributed by atoms with Crippen LogP contribution in [0.4, 0.5) is 0 Å². The van der Waals surface area contributed by atoms with Gasteiger partial charge in [0.05, 0.1) is 25.6 Å². The highest BCUT2D eigenvalue weighted by atomic mass is 16.5. The van der Waals surface area contributed by atoms with Gasteiger partial charge in [-0.1, -0.05) is 39.0 Å². The summed E-state index contributed by atoms with van der Waals surface area (Å²) in [4.78, 5) is 25.0. The summed E-state index contributed by atoms with van der Waals surface area (Å²) < 4.78 is 16.0. The third-order valence-corrected chi connectivity index (χ3v) is 4.89. The number of ether oxygens (including phenoxy) is 3. The van der Waals surface area contributed by atoms with Crippen molar-refractivity contribution >= 4 is 11.9 Å². The number of benzene rings is 1. The van der Waals surface area contributed by atoms with Gasteiger partial charge in [-0.05, 0) is 43.5 Å². The third-order valence-electron chi connectivity index (χ3n) is 4.89. The predicted octanol–water partition coefficient (Wildman–Crippen LogP) is 4.53. The Balaban J connectivity index is 1.89. The molecule has 1 saturated carbocycles. The molecular formula is C21H30O5. The molecule has 0 heterocycles. The quantitative estimate of drug-likeness (QED) is 0.367. The lowest BCUT2D eigenvalue weighted by Crippen LogP contribution is -2.36. The van der Waals surface area contributed by atoms with Gasteiger partial charge >= 0.3 is 11.9 Å². The zero-order chi connectivity index (χ0) is 18.8.